The molecule has 0 saturated carbocycles. The number of hydrogen-bond acceptors (Lipinski definition) is 2. The van der Waals surface area contributed by atoms with Crippen molar-refractivity contribution >= 4 is 15.9 Å². The van der Waals surface area contributed by atoms with Gasteiger partial charge in [-0.05, 0) is 43.0 Å². The molecule has 0 bridgehead atoms. The van der Waals surface area contributed by atoms with Crippen molar-refractivity contribution in [3.8, 4) is 5.75 Å². The van der Waals surface area contributed by atoms with Gasteiger partial charge in [0.05, 0.1) is 6.61 Å². The molecule has 3 heteroatoms. The maximum absolute atomic E-state index is 5.60. The molecule has 0 aliphatic heterocycles. The molecule has 2 nitrogen and oxygen atoms in total. The lowest BCUT2D eigenvalue weighted by Gasteiger charge is -2.09. The molecular weight excluding hydrogens is 280 g/mol. The van der Waals surface area contributed by atoms with Crippen LogP contribution in [-0.2, 0) is 4.74 Å². The molecule has 1 rings (SSSR count). The first-order valence-electron chi connectivity index (χ1n) is 6.06. The van der Waals surface area contributed by atoms with E-state index in [4.69, 9.17) is 9.47 Å². The molecular formula is C14H21BrO2. The van der Waals surface area contributed by atoms with E-state index >= 15 is 0 Å². The van der Waals surface area contributed by atoms with Crippen molar-refractivity contribution in [2.24, 2.45) is 5.92 Å². The smallest absolute Gasteiger partial charge is 0.119 e. The second kappa shape index (κ2) is 7.72. The van der Waals surface area contributed by atoms with Gasteiger partial charge in [-0.3, -0.25) is 0 Å². The third-order valence-corrected chi connectivity index (χ3v) is 3.36. The molecule has 0 aromatic heterocycles. The number of rotatable bonds is 7. The molecule has 1 aromatic rings. The predicted octanol–water partition coefficient (Wildman–Crippen LogP) is 4.20. The van der Waals surface area contributed by atoms with Gasteiger partial charge in [-0.15, -0.1) is 0 Å². The monoisotopic (exact) mass is 300 g/mol. The molecule has 0 aliphatic rings. The van der Waals surface area contributed by atoms with Crippen LogP contribution in [0, 0.1) is 12.8 Å². The Kier molecular flexibility index (Phi) is 6.60. The minimum Gasteiger partial charge on any atom is -0.491 e. The Morgan fingerprint density at radius 1 is 1.18 bits per heavy atom. The SMILES string of the molecule is Cc1cc(OCCOCCC(C)C)ccc1Br. The summed E-state index contributed by atoms with van der Waals surface area (Å²) in [6.07, 6.45) is 1.11. The van der Waals surface area contributed by atoms with Crippen molar-refractivity contribution in [1.29, 1.82) is 0 Å². The van der Waals surface area contributed by atoms with E-state index < -0.39 is 0 Å². The summed E-state index contributed by atoms with van der Waals surface area (Å²) in [5, 5.41) is 0. The van der Waals surface area contributed by atoms with Gasteiger partial charge in [0.25, 0.3) is 0 Å². The zero-order chi connectivity index (χ0) is 12.7. The van der Waals surface area contributed by atoms with Crippen LogP contribution in [-0.4, -0.2) is 19.8 Å². The zero-order valence-corrected chi connectivity index (χ0v) is 12.4. The van der Waals surface area contributed by atoms with Crippen LogP contribution in [0.2, 0.25) is 0 Å². The minimum absolute atomic E-state index is 0.610. The van der Waals surface area contributed by atoms with Gasteiger partial charge in [-0.2, -0.15) is 0 Å². The molecule has 1 aromatic carbocycles. The maximum Gasteiger partial charge on any atom is 0.119 e. The van der Waals surface area contributed by atoms with E-state index in [0.29, 0.717) is 19.1 Å². The van der Waals surface area contributed by atoms with Crippen LogP contribution in [0.4, 0.5) is 0 Å². The topological polar surface area (TPSA) is 18.5 Å². The van der Waals surface area contributed by atoms with Crippen molar-refractivity contribution in [2.45, 2.75) is 27.2 Å². The molecule has 0 saturated heterocycles. The van der Waals surface area contributed by atoms with Crippen LogP contribution < -0.4 is 4.74 Å². The Labute approximate surface area is 112 Å². The molecule has 0 amide bonds. The van der Waals surface area contributed by atoms with Gasteiger partial charge >= 0.3 is 0 Å². The fraction of sp³-hybridized carbons (Fsp3) is 0.571. The average Bonchev–Trinajstić information content (AvgIpc) is 2.27. The van der Waals surface area contributed by atoms with E-state index in [9.17, 15) is 0 Å². The third-order valence-electron chi connectivity index (χ3n) is 2.47. The van der Waals surface area contributed by atoms with Crippen molar-refractivity contribution in [3.63, 3.8) is 0 Å². The van der Waals surface area contributed by atoms with Crippen LogP contribution in [0.5, 0.6) is 5.75 Å². The lowest BCUT2D eigenvalue weighted by molar-refractivity contribution is 0.0925. The fourth-order valence-electron chi connectivity index (χ4n) is 1.35. The first-order chi connectivity index (χ1) is 8.09. The second-order valence-electron chi connectivity index (χ2n) is 4.55. The first kappa shape index (κ1) is 14.5. The predicted molar refractivity (Wildman–Crippen MR) is 74.6 cm³/mol. The Morgan fingerprint density at radius 3 is 2.59 bits per heavy atom. The number of hydrogen-bond donors (Lipinski definition) is 0. The average molecular weight is 301 g/mol. The molecule has 96 valence electrons. The highest BCUT2D eigenvalue weighted by Gasteiger charge is 1.98. The molecule has 0 atom stereocenters. The molecule has 0 unspecified atom stereocenters. The molecule has 0 spiro atoms. The Hall–Kier alpha value is -0.540. The standard InChI is InChI=1S/C14H21BrO2/c1-11(2)6-7-16-8-9-17-13-4-5-14(15)12(3)10-13/h4-5,10-11H,6-9H2,1-3H3. The van der Waals surface area contributed by atoms with Crippen molar-refractivity contribution < 1.29 is 9.47 Å². The number of benzene rings is 1. The highest BCUT2D eigenvalue weighted by Crippen LogP contribution is 2.21. The van der Waals surface area contributed by atoms with Crippen LogP contribution in [0.1, 0.15) is 25.8 Å². The Bertz CT molecular complexity index is 337. The van der Waals surface area contributed by atoms with Gasteiger partial charge in [0.1, 0.15) is 12.4 Å². The third kappa shape index (κ3) is 6.08. The lowest BCUT2D eigenvalue weighted by Crippen LogP contribution is -2.08. The van der Waals surface area contributed by atoms with E-state index in [-0.39, 0.29) is 0 Å². The summed E-state index contributed by atoms with van der Waals surface area (Å²) in [5.74, 6) is 1.60. The first-order valence-corrected chi connectivity index (χ1v) is 6.85. The molecule has 17 heavy (non-hydrogen) atoms. The Morgan fingerprint density at radius 2 is 1.94 bits per heavy atom. The summed E-state index contributed by atoms with van der Waals surface area (Å²) in [6.45, 7) is 8.53. The van der Waals surface area contributed by atoms with Gasteiger partial charge in [-0.1, -0.05) is 29.8 Å². The summed E-state index contributed by atoms with van der Waals surface area (Å²) in [5.41, 5.74) is 1.18. The van der Waals surface area contributed by atoms with Crippen LogP contribution in [0.3, 0.4) is 0 Å². The van der Waals surface area contributed by atoms with Crippen LogP contribution in [0.25, 0.3) is 0 Å². The molecule has 0 heterocycles. The summed E-state index contributed by atoms with van der Waals surface area (Å²) in [7, 11) is 0. The van der Waals surface area contributed by atoms with Crippen LogP contribution in [0.15, 0.2) is 22.7 Å². The summed E-state index contributed by atoms with van der Waals surface area (Å²) < 4.78 is 12.2. The summed E-state index contributed by atoms with van der Waals surface area (Å²) in [4.78, 5) is 0. The molecule has 0 N–H and O–H groups in total. The second-order valence-corrected chi connectivity index (χ2v) is 5.41. The zero-order valence-electron chi connectivity index (χ0n) is 10.8. The quantitative estimate of drug-likeness (QED) is 0.703. The van der Waals surface area contributed by atoms with Crippen molar-refractivity contribution in [1.82, 2.24) is 0 Å². The molecule has 0 fully saturated rings. The number of aryl methyl sites for hydroxylation is 1. The van der Waals surface area contributed by atoms with Crippen molar-refractivity contribution in [2.75, 3.05) is 19.8 Å². The number of ether oxygens (including phenoxy) is 2. The van der Waals surface area contributed by atoms with Gasteiger partial charge in [0.15, 0.2) is 0 Å². The highest BCUT2D eigenvalue weighted by molar-refractivity contribution is 9.10. The van der Waals surface area contributed by atoms with Crippen LogP contribution >= 0.6 is 15.9 Å². The van der Waals surface area contributed by atoms with E-state index in [0.717, 1.165) is 23.2 Å². The highest BCUT2D eigenvalue weighted by atomic mass is 79.9. The summed E-state index contributed by atoms with van der Waals surface area (Å²) >= 11 is 3.46. The Balaban J connectivity index is 2.16. The normalized spacial score (nSPS) is 10.9. The van der Waals surface area contributed by atoms with Gasteiger partial charge in [0, 0.05) is 11.1 Å². The van der Waals surface area contributed by atoms with Gasteiger partial charge in [-0.25, -0.2) is 0 Å². The van der Waals surface area contributed by atoms with E-state index in [2.05, 4.69) is 36.7 Å². The van der Waals surface area contributed by atoms with Crippen molar-refractivity contribution in [3.05, 3.63) is 28.2 Å². The minimum atomic E-state index is 0.610. The van der Waals surface area contributed by atoms with Gasteiger partial charge in [0.2, 0.25) is 0 Å². The van der Waals surface area contributed by atoms with E-state index in [1.165, 1.54) is 5.56 Å². The maximum atomic E-state index is 5.60. The number of halogens is 1. The van der Waals surface area contributed by atoms with E-state index in [1.807, 2.05) is 18.2 Å². The molecule has 0 radical (unpaired) electrons. The summed E-state index contributed by atoms with van der Waals surface area (Å²) in [6, 6.07) is 5.99. The van der Waals surface area contributed by atoms with E-state index in [1.54, 1.807) is 0 Å². The van der Waals surface area contributed by atoms with Gasteiger partial charge < -0.3 is 9.47 Å². The lowest BCUT2D eigenvalue weighted by atomic mass is 10.1. The largest absolute Gasteiger partial charge is 0.491 e. The molecule has 0 aliphatic carbocycles. The fourth-order valence-corrected chi connectivity index (χ4v) is 1.59.